The number of aryl methyl sites for hydroxylation is 1. The molecule has 0 radical (unpaired) electrons. The van der Waals surface area contributed by atoms with Crippen LogP contribution in [0, 0.1) is 18.8 Å². The number of carbonyl (C=O) groups excluding carboxylic acids is 2. The van der Waals surface area contributed by atoms with Gasteiger partial charge in [0.05, 0.1) is 10.6 Å². The van der Waals surface area contributed by atoms with E-state index in [1.807, 2.05) is 12.1 Å². The Hall–Kier alpha value is -2.78. The molecule has 0 spiro atoms. The molecule has 0 aliphatic carbocycles. The number of halogens is 4. The number of hydrogen-bond acceptors (Lipinski definition) is 4. The van der Waals surface area contributed by atoms with Gasteiger partial charge in [-0.1, -0.05) is 41.4 Å². The summed E-state index contributed by atoms with van der Waals surface area (Å²) in [4.78, 5) is 30.3. The molecule has 40 heavy (non-hydrogen) atoms. The minimum atomic E-state index is -5.13. The zero-order valence-corrected chi connectivity index (χ0v) is 23.9. The molecule has 2 heterocycles. The van der Waals surface area contributed by atoms with Gasteiger partial charge in [-0.3, -0.25) is 9.59 Å². The van der Waals surface area contributed by atoms with Gasteiger partial charge >= 0.3 is 6.18 Å². The maximum Gasteiger partial charge on any atom is 0.430 e. The van der Waals surface area contributed by atoms with Crippen LogP contribution in [0.5, 0.6) is 0 Å². The van der Waals surface area contributed by atoms with E-state index in [0.717, 1.165) is 44.1 Å². The first-order valence-corrected chi connectivity index (χ1v) is 14.1. The number of aliphatic hydroxyl groups is 1. The number of carbonyl (C=O) groups is 2. The smallest absolute Gasteiger partial charge is 0.371 e. The average molecular weight is 580 g/mol. The van der Waals surface area contributed by atoms with E-state index >= 15 is 0 Å². The topological polar surface area (TPSA) is 64.1 Å². The Labute approximate surface area is 238 Å². The van der Waals surface area contributed by atoms with Crippen molar-refractivity contribution >= 4 is 29.1 Å². The van der Waals surface area contributed by atoms with Crippen LogP contribution in [0.1, 0.15) is 53.6 Å². The van der Waals surface area contributed by atoms with Gasteiger partial charge in [0.25, 0.3) is 17.4 Å². The van der Waals surface area contributed by atoms with Crippen LogP contribution in [0.25, 0.3) is 0 Å². The summed E-state index contributed by atoms with van der Waals surface area (Å²) in [6.07, 6.45) is -0.967. The molecule has 10 heteroatoms. The normalized spacial score (nSPS) is 18.9. The summed E-state index contributed by atoms with van der Waals surface area (Å²) < 4.78 is 42.2. The zero-order chi connectivity index (χ0) is 29.2. The SMILES string of the molecule is Cc1cccc(C(O)(C(=O)N2CCC(CC3CCN(c4ccc(C(=O)N(C)C)c(Cl)c4)CC3)CC2)C(F)(F)F)c1. The fourth-order valence-electron chi connectivity index (χ4n) is 5.89. The van der Waals surface area contributed by atoms with E-state index in [1.54, 1.807) is 33.2 Å². The summed E-state index contributed by atoms with van der Waals surface area (Å²) in [6, 6.07) is 10.9. The Morgan fingerprint density at radius 3 is 2.10 bits per heavy atom. The van der Waals surface area contributed by atoms with Crippen molar-refractivity contribution in [3.63, 3.8) is 0 Å². The van der Waals surface area contributed by atoms with Crippen LogP contribution < -0.4 is 4.90 Å². The minimum Gasteiger partial charge on any atom is -0.371 e. The van der Waals surface area contributed by atoms with Crippen molar-refractivity contribution in [1.82, 2.24) is 9.80 Å². The molecule has 1 N–H and O–H groups in total. The van der Waals surface area contributed by atoms with Crippen LogP contribution in [-0.2, 0) is 10.4 Å². The summed E-state index contributed by atoms with van der Waals surface area (Å²) in [5.74, 6) is -0.618. The third kappa shape index (κ3) is 6.25. The highest BCUT2D eigenvalue weighted by atomic mass is 35.5. The van der Waals surface area contributed by atoms with Crippen molar-refractivity contribution in [2.24, 2.45) is 11.8 Å². The van der Waals surface area contributed by atoms with E-state index in [-0.39, 0.29) is 19.0 Å². The second kappa shape index (κ2) is 12.0. The molecule has 2 aliphatic heterocycles. The molecule has 0 bridgehead atoms. The molecule has 2 fully saturated rings. The fourth-order valence-corrected chi connectivity index (χ4v) is 6.15. The number of piperidine rings is 2. The van der Waals surface area contributed by atoms with Gasteiger partial charge in [0.15, 0.2) is 0 Å². The molecule has 0 saturated carbocycles. The first-order chi connectivity index (χ1) is 18.8. The van der Waals surface area contributed by atoms with Crippen LogP contribution >= 0.6 is 11.6 Å². The highest BCUT2D eigenvalue weighted by molar-refractivity contribution is 6.34. The van der Waals surface area contributed by atoms with Gasteiger partial charge in [0, 0.05) is 51.5 Å². The molecule has 2 saturated heterocycles. The number of benzene rings is 2. The zero-order valence-electron chi connectivity index (χ0n) is 23.2. The summed E-state index contributed by atoms with van der Waals surface area (Å²) in [5.41, 5.74) is -2.00. The van der Waals surface area contributed by atoms with Crippen LogP contribution in [0.2, 0.25) is 5.02 Å². The number of likely N-dealkylation sites (tertiary alicyclic amines) is 1. The Morgan fingerprint density at radius 1 is 0.975 bits per heavy atom. The van der Waals surface area contributed by atoms with Gasteiger partial charge in [0.2, 0.25) is 0 Å². The summed E-state index contributed by atoms with van der Waals surface area (Å²) in [6.45, 7) is 3.73. The van der Waals surface area contributed by atoms with Crippen molar-refractivity contribution in [1.29, 1.82) is 0 Å². The Kier molecular flexibility index (Phi) is 9.05. The van der Waals surface area contributed by atoms with E-state index in [2.05, 4.69) is 4.90 Å². The van der Waals surface area contributed by atoms with E-state index in [9.17, 15) is 27.9 Å². The summed E-state index contributed by atoms with van der Waals surface area (Å²) >= 11 is 6.39. The molecule has 6 nitrogen and oxygen atoms in total. The lowest BCUT2D eigenvalue weighted by atomic mass is 9.82. The van der Waals surface area contributed by atoms with E-state index < -0.39 is 23.2 Å². The van der Waals surface area contributed by atoms with Gasteiger partial charge < -0.3 is 19.8 Å². The quantitative estimate of drug-likeness (QED) is 0.481. The summed E-state index contributed by atoms with van der Waals surface area (Å²) in [5, 5.41) is 11.2. The van der Waals surface area contributed by atoms with Crippen molar-refractivity contribution in [2.75, 3.05) is 45.2 Å². The first kappa shape index (κ1) is 30.2. The van der Waals surface area contributed by atoms with Crippen LogP contribution in [0.3, 0.4) is 0 Å². The molecule has 2 amide bonds. The number of nitrogens with zero attached hydrogens (tertiary/aromatic N) is 3. The standard InChI is InChI=1S/C30H37ClF3N3O3/c1-20-5-4-6-23(17-20)29(40,30(32,33)34)28(39)37-15-11-22(12-16-37)18-21-9-13-36(14-10-21)24-7-8-25(26(31)19-24)27(38)35(2)3/h4-8,17,19,21-22,40H,9-16,18H2,1-3H3. The van der Waals surface area contributed by atoms with Crippen molar-refractivity contribution in [3.05, 3.63) is 64.2 Å². The lowest BCUT2D eigenvalue weighted by Crippen LogP contribution is -2.57. The third-order valence-electron chi connectivity index (χ3n) is 8.29. The molecule has 2 aliphatic rings. The molecule has 218 valence electrons. The number of anilines is 1. The Balaban J connectivity index is 1.30. The highest BCUT2D eigenvalue weighted by Crippen LogP contribution is 2.42. The molecule has 2 aromatic carbocycles. The molecule has 1 unspecified atom stereocenters. The monoisotopic (exact) mass is 579 g/mol. The van der Waals surface area contributed by atoms with Crippen LogP contribution in [-0.4, -0.2) is 73.2 Å². The predicted molar refractivity (Wildman–Crippen MR) is 149 cm³/mol. The van der Waals surface area contributed by atoms with Crippen LogP contribution in [0.15, 0.2) is 42.5 Å². The van der Waals surface area contributed by atoms with Gasteiger partial charge in [-0.15, -0.1) is 0 Å². The van der Waals surface area contributed by atoms with Gasteiger partial charge in [-0.05, 0) is 69.1 Å². The third-order valence-corrected chi connectivity index (χ3v) is 8.61. The van der Waals surface area contributed by atoms with E-state index in [0.29, 0.717) is 40.8 Å². The Morgan fingerprint density at radius 2 is 1.57 bits per heavy atom. The molecular formula is C30H37ClF3N3O3. The van der Waals surface area contributed by atoms with E-state index in [1.165, 1.54) is 21.9 Å². The number of amides is 2. The van der Waals surface area contributed by atoms with E-state index in [4.69, 9.17) is 11.6 Å². The number of rotatable bonds is 6. The lowest BCUT2D eigenvalue weighted by molar-refractivity contribution is -0.262. The van der Waals surface area contributed by atoms with Crippen LogP contribution in [0.4, 0.5) is 18.9 Å². The molecule has 0 aromatic heterocycles. The van der Waals surface area contributed by atoms with Gasteiger partial charge in [0.1, 0.15) is 0 Å². The summed E-state index contributed by atoms with van der Waals surface area (Å²) in [7, 11) is 3.37. The molecule has 4 rings (SSSR count). The lowest BCUT2D eigenvalue weighted by Gasteiger charge is -2.40. The molecule has 2 aromatic rings. The van der Waals surface area contributed by atoms with Gasteiger partial charge in [-0.25, -0.2) is 0 Å². The highest BCUT2D eigenvalue weighted by Gasteiger charge is 2.62. The Bertz CT molecular complexity index is 1220. The largest absolute Gasteiger partial charge is 0.430 e. The second-order valence-corrected chi connectivity index (χ2v) is 11.8. The van der Waals surface area contributed by atoms with Crippen molar-refractivity contribution in [2.45, 2.75) is 50.8 Å². The maximum absolute atomic E-state index is 14.1. The minimum absolute atomic E-state index is 0.138. The second-order valence-electron chi connectivity index (χ2n) is 11.3. The van der Waals surface area contributed by atoms with Gasteiger partial charge in [-0.2, -0.15) is 13.2 Å². The average Bonchev–Trinajstić information content (AvgIpc) is 2.92. The first-order valence-electron chi connectivity index (χ1n) is 13.7. The fraction of sp³-hybridized carbons (Fsp3) is 0.533. The number of alkyl halides is 3. The molecular weight excluding hydrogens is 543 g/mol. The predicted octanol–water partition coefficient (Wildman–Crippen LogP) is 5.65. The number of hydrogen-bond donors (Lipinski definition) is 1. The van der Waals surface area contributed by atoms with Crippen molar-refractivity contribution < 1.29 is 27.9 Å². The maximum atomic E-state index is 14.1. The van der Waals surface area contributed by atoms with Crippen molar-refractivity contribution in [3.8, 4) is 0 Å². The molecule has 1 atom stereocenters.